The Labute approximate surface area is 179 Å². The maximum Gasteiger partial charge on any atom is 0.251 e. The van der Waals surface area contributed by atoms with Crippen LogP contribution in [0.15, 0.2) is 53.5 Å². The molecule has 6 nitrogen and oxygen atoms in total. The van der Waals surface area contributed by atoms with Crippen LogP contribution in [-0.2, 0) is 13.0 Å². The van der Waals surface area contributed by atoms with Crippen molar-refractivity contribution in [2.75, 3.05) is 20.6 Å². The van der Waals surface area contributed by atoms with Gasteiger partial charge in [0.2, 0.25) is 0 Å². The topological polar surface area (TPSA) is 74.8 Å². The first-order chi connectivity index (χ1) is 14.7. The maximum absolute atomic E-state index is 11.8. The number of hydrogen-bond donors (Lipinski definition) is 3. The van der Waals surface area contributed by atoms with Crippen LogP contribution in [0.4, 0.5) is 0 Å². The Bertz CT molecular complexity index is 860. The standard InChI is InChI=1S/C24H32N4O2/c1-25-23(29)19-10-7-8-18(16-19)14-15-27-24(26-2)28-17-20-9-3-6-13-22(20)30-21-11-4-5-12-21/h3,6-10,13,16,21H,4-5,11-12,14-15,17H2,1-2H3,(H,25,29)(H2,26,27,28). The second-order valence-electron chi connectivity index (χ2n) is 7.51. The number of carbonyl (C=O) groups excluding carboxylic acids is 1. The summed E-state index contributed by atoms with van der Waals surface area (Å²) >= 11 is 0. The van der Waals surface area contributed by atoms with Gasteiger partial charge in [-0.25, -0.2) is 0 Å². The van der Waals surface area contributed by atoms with Crippen LogP contribution in [0, 0.1) is 0 Å². The van der Waals surface area contributed by atoms with E-state index in [1.807, 2.05) is 42.5 Å². The summed E-state index contributed by atoms with van der Waals surface area (Å²) < 4.78 is 6.22. The quantitative estimate of drug-likeness (QED) is 0.463. The Morgan fingerprint density at radius 3 is 2.67 bits per heavy atom. The van der Waals surface area contributed by atoms with Crippen molar-refractivity contribution in [2.45, 2.75) is 44.8 Å². The number of benzene rings is 2. The number of para-hydroxylation sites is 1. The summed E-state index contributed by atoms with van der Waals surface area (Å²) in [5, 5.41) is 9.37. The van der Waals surface area contributed by atoms with Crippen molar-refractivity contribution in [2.24, 2.45) is 4.99 Å². The molecule has 0 saturated heterocycles. The number of carbonyl (C=O) groups is 1. The van der Waals surface area contributed by atoms with Gasteiger partial charge in [0.15, 0.2) is 5.96 Å². The van der Waals surface area contributed by atoms with Crippen molar-refractivity contribution in [1.29, 1.82) is 0 Å². The number of ether oxygens (including phenoxy) is 1. The highest BCUT2D eigenvalue weighted by Gasteiger charge is 2.17. The minimum absolute atomic E-state index is 0.0687. The van der Waals surface area contributed by atoms with Crippen LogP contribution in [-0.4, -0.2) is 38.6 Å². The van der Waals surface area contributed by atoms with Crippen molar-refractivity contribution in [1.82, 2.24) is 16.0 Å². The fourth-order valence-corrected chi connectivity index (χ4v) is 3.69. The van der Waals surface area contributed by atoms with E-state index in [1.165, 1.54) is 12.8 Å². The molecule has 30 heavy (non-hydrogen) atoms. The van der Waals surface area contributed by atoms with Gasteiger partial charge in [0.1, 0.15) is 5.75 Å². The molecular weight excluding hydrogens is 376 g/mol. The monoisotopic (exact) mass is 408 g/mol. The highest BCUT2D eigenvalue weighted by atomic mass is 16.5. The average molecular weight is 409 g/mol. The average Bonchev–Trinajstić information content (AvgIpc) is 3.29. The molecule has 6 heteroatoms. The molecule has 0 bridgehead atoms. The number of nitrogens with zero attached hydrogens (tertiary/aromatic N) is 1. The molecule has 1 aliphatic rings. The van der Waals surface area contributed by atoms with Crippen molar-refractivity contribution < 1.29 is 9.53 Å². The summed E-state index contributed by atoms with van der Waals surface area (Å²) in [6, 6.07) is 15.9. The summed E-state index contributed by atoms with van der Waals surface area (Å²) in [4.78, 5) is 16.1. The van der Waals surface area contributed by atoms with E-state index in [0.717, 1.165) is 48.6 Å². The van der Waals surface area contributed by atoms with Gasteiger partial charge < -0.3 is 20.7 Å². The van der Waals surface area contributed by atoms with Gasteiger partial charge >= 0.3 is 0 Å². The van der Waals surface area contributed by atoms with Gasteiger partial charge in [0.25, 0.3) is 5.91 Å². The Morgan fingerprint density at radius 1 is 1.10 bits per heavy atom. The molecule has 0 unspecified atom stereocenters. The van der Waals surface area contributed by atoms with Crippen LogP contribution in [0.3, 0.4) is 0 Å². The summed E-state index contributed by atoms with van der Waals surface area (Å²) in [7, 11) is 3.41. The van der Waals surface area contributed by atoms with E-state index >= 15 is 0 Å². The van der Waals surface area contributed by atoms with E-state index in [-0.39, 0.29) is 5.91 Å². The fourth-order valence-electron chi connectivity index (χ4n) is 3.69. The molecule has 0 aromatic heterocycles. The van der Waals surface area contributed by atoms with Crippen LogP contribution >= 0.6 is 0 Å². The summed E-state index contributed by atoms with van der Waals surface area (Å²) in [5.41, 5.74) is 2.91. The van der Waals surface area contributed by atoms with E-state index < -0.39 is 0 Å². The fraction of sp³-hybridized carbons (Fsp3) is 0.417. The third-order valence-electron chi connectivity index (χ3n) is 5.36. The Hall–Kier alpha value is -3.02. The van der Waals surface area contributed by atoms with Crippen LogP contribution in [0.1, 0.15) is 47.2 Å². The Morgan fingerprint density at radius 2 is 1.90 bits per heavy atom. The molecule has 160 valence electrons. The minimum Gasteiger partial charge on any atom is -0.490 e. The van der Waals surface area contributed by atoms with Gasteiger partial charge in [0.05, 0.1) is 6.10 Å². The van der Waals surface area contributed by atoms with Crippen LogP contribution in [0.25, 0.3) is 0 Å². The zero-order chi connectivity index (χ0) is 21.2. The smallest absolute Gasteiger partial charge is 0.251 e. The summed E-state index contributed by atoms with van der Waals surface area (Å²) in [6.07, 6.45) is 5.95. The lowest BCUT2D eigenvalue weighted by molar-refractivity contribution is 0.0963. The normalized spacial score (nSPS) is 14.4. The van der Waals surface area contributed by atoms with Crippen LogP contribution in [0.5, 0.6) is 5.75 Å². The molecule has 0 spiro atoms. The molecule has 0 atom stereocenters. The van der Waals surface area contributed by atoms with Gasteiger partial charge in [-0.3, -0.25) is 9.79 Å². The zero-order valence-corrected chi connectivity index (χ0v) is 17.9. The molecular formula is C24H32N4O2. The number of hydrogen-bond acceptors (Lipinski definition) is 3. The van der Waals surface area contributed by atoms with Crippen molar-refractivity contribution in [3.63, 3.8) is 0 Å². The zero-order valence-electron chi connectivity index (χ0n) is 17.9. The van der Waals surface area contributed by atoms with E-state index in [9.17, 15) is 4.79 Å². The van der Waals surface area contributed by atoms with Crippen molar-refractivity contribution in [3.8, 4) is 5.75 Å². The first-order valence-corrected chi connectivity index (χ1v) is 10.7. The van der Waals surface area contributed by atoms with Gasteiger partial charge in [-0.05, 0) is 55.9 Å². The van der Waals surface area contributed by atoms with Gasteiger partial charge in [-0.1, -0.05) is 30.3 Å². The second-order valence-corrected chi connectivity index (χ2v) is 7.51. The number of nitrogens with one attached hydrogen (secondary N) is 3. The first kappa shape index (κ1) is 21.7. The lowest BCUT2D eigenvalue weighted by Gasteiger charge is -2.18. The highest BCUT2D eigenvalue weighted by Crippen LogP contribution is 2.26. The minimum atomic E-state index is -0.0687. The van der Waals surface area contributed by atoms with Crippen molar-refractivity contribution >= 4 is 11.9 Å². The molecule has 3 N–H and O–H groups in total. The molecule has 0 aliphatic heterocycles. The van der Waals surface area contributed by atoms with Crippen LogP contribution < -0.4 is 20.7 Å². The lowest BCUT2D eigenvalue weighted by atomic mass is 10.1. The maximum atomic E-state index is 11.8. The van der Waals surface area contributed by atoms with Gasteiger partial charge in [-0.15, -0.1) is 0 Å². The molecule has 1 saturated carbocycles. The molecule has 2 aromatic rings. The van der Waals surface area contributed by atoms with E-state index in [0.29, 0.717) is 18.2 Å². The SMILES string of the molecule is CN=C(NCCc1cccc(C(=O)NC)c1)NCc1ccccc1OC1CCCC1. The number of rotatable bonds is 8. The predicted octanol–water partition coefficient (Wildman–Crippen LogP) is 3.28. The van der Waals surface area contributed by atoms with Gasteiger partial charge in [0, 0.05) is 38.3 Å². The van der Waals surface area contributed by atoms with E-state index in [1.54, 1.807) is 14.1 Å². The number of guanidine groups is 1. The largest absolute Gasteiger partial charge is 0.490 e. The molecule has 1 aliphatic carbocycles. The first-order valence-electron chi connectivity index (χ1n) is 10.7. The number of amides is 1. The van der Waals surface area contributed by atoms with Crippen LogP contribution in [0.2, 0.25) is 0 Å². The predicted molar refractivity (Wildman–Crippen MR) is 121 cm³/mol. The third-order valence-corrected chi connectivity index (χ3v) is 5.36. The molecule has 2 aromatic carbocycles. The molecule has 1 fully saturated rings. The Balaban J connectivity index is 1.49. The van der Waals surface area contributed by atoms with Crippen molar-refractivity contribution in [3.05, 3.63) is 65.2 Å². The third kappa shape index (κ3) is 6.24. The summed E-state index contributed by atoms with van der Waals surface area (Å²) in [6.45, 7) is 1.37. The molecule has 0 radical (unpaired) electrons. The Kier molecular flexibility index (Phi) is 8.12. The molecule has 0 heterocycles. The second kappa shape index (κ2) is 11.2. The summed E-state index contributed by atoms with van der Waals surface area (Å²) in [5.74, 6) is 1.63. The van der Waals surface area contributed by atoms with E-state index in [2.05, 4.69) is 27.0 Å². The van der Waals surface area contributed by atoms with Gasteiger partial charge in [-0.2, -0.15) is 0 Å². The number of aliphatic imine (C=N–C) groups is 1. The highest BCUT2D eigenvalue weighted by molar-refractivity contribution is 5.94. The lowest BCUT2D eigenvalue weighted by Crippen LogP contribution is -2.38. The molecule has 1 amide bonds. The molecule has 3 rings (SSSR count). The van der Waals surface area contributed by atoms with E-state index in [4.69, 9.17) is 4.74 Å².